The standard InChI is InChI=1S/C22H22Cl2N4O2/c1-13(2)12-30-22-26-20(15-5-10-18(23)19(24)11-15)28(27-22)17-8-6-16(7-9-17)25-21(29)14-3-4-14/h5-11,13-14H,3-4,12H2,1-2H3,(H,25,29). The molecule has 0 unspecified atom stereocenters. The maximum atomic E-state index is 12.0. The molecule has 0 spiro atoms. The van der Waals surface area contributed by atoms with E-state index in [1.165, 1.54) is 0 Å². The summed E-state index contributed by atoms with van der Waals surface area (Å²) < 4.78 is 7.43. The van der Waals surface area contributed by atoms with E-state index >= 15 is 0 Å². The molecule has 2 aromatic carbocycles. The average Bonchev–Trinajstić information content (AvgIpc) is 3.49. The lowest BCUT2D eigenvalue weighted by molar-refractivity contribution is -0.117. The van der Waals surface area contributed by atoms with E-state index in [4.69, 9.17) is 27.9 Å². The van der Waals surface area contributed by atoms with E-state index in [-0.39, 0.29) is 17.8 Å². The van der Waals surface area contributed by atoms with Gasteiger partial charge in [0.1, 0.15) is 0 Å². The van der Waals surface area contributed by atoms with Crippen LogP contribution in [-0.4, -0.2) is 27.3 Å². The Kier molecular flexibility index (Phi) is 5.97. The van der Waals surface area contributed by atoms with E-state index in [9.17, 15) is 4.79 Å². The highest BCUT2D eigenvalue weighted by Gasteiger charge is 2.29. The van der Waals surface area contributed by atoms with Gasteiger partial charge >= 0.3 is 6.01 Å². The summed E-state index contributed by atoms with van der Waals surface area (Å²) in [6.45, 7) is 4.63. The fourth-order valence-corrected chi connectivity index (χ4v) is 3.17. The first-order chi connectivity index (χ1) is 14.4. The molecule has 0 saturated heterocycles. The first-order valence-electron chi connectivity index (χ1n) is 9.87. The Morgan fingerprint density at radius 2 is 1.90 bits per heavy atom. The lowest BCUT2D eigenvalue weighted by Crippen LogP contribution is -2.13. The summed E-state index contributed by atoms with van der Waals surface area (Å²) in [4.78, 5) is 16.5. The van der Waals surface area contributed by atoms with E-state index in [1.807, 2.05) is 30.3 Å². The third-order valence-corrected chi connectivity index (χ3v) is 5.38. The van der Waals surface area contributed by atoms with Gasteiger partial charge in [-0.05, 0) is 61.2 Å². The third kappa shape index (κ3) is 4.77. The van der Waals surface area contributed by atoms with E-state index < -0.39 is 0 Å². The number of hydrogen-bond acceptors (Lipinski definition) is 4. The summed E-state index contributed by atoms with van der Waals surface area (Å²) in [7, 11) is 0. The van der Waals surface area contributed by atoms with Crippen molar-refractivity contribution in [2.24, 2.45) is 11.8 Å². The maximum absolute atomic E-state index is 12.0. The Morgan fingerprint density at radius 1 is 1.17 bits per heavy atom. The molecule has 1 heterocycles. The van der Waals surface area contributed by atoms with Crippen LogP contribution in [0.4, 0.5) is 5.69 Å². The molecule has 8 heteroatoms. The third-order valence-electron chi connectivity index (χ3n) is 4.64. The topological polar surface area (TPSA) is 69.0 Å². The van der Waals surface area contributed by atoms with Crippen LogP contribution in [0.2, 0.25) is 10.0 Å². The van der Waals surface area contributed by atoms with Gasteiger partial charge in [-0.3, -0.25) is 4.79 Å². The average molecular weight is 445 g/mol. The molecule has 0 radical (unpaired) electrons. The highest BCUT2D eigenvalue weighted by atomic mass is 35.5. The van der Waals surface area contributed by atoms with Crippen molar-refractivity contribution < 1.29 is 9.53 Å². The smallest absolute Gasteiger partial charge is 0.336 e. The minimum absolute atomic E-state index is 0.0735. The van der Waals surface area contributed by atoms with Gasteiger partial charge in [0.05, 0.1) is 22.3 Å². The molecule has 1 aliphatic rings. The van der Waals surface area contributed by atoms with Crippen LogP contribution >= 0.6 is 23.2 Å². The second-order valence-corrected chi connectivity index (χ2v) is 8.59. The second-order valence-electron chi connectivity index (χ2n) is 7.77. The zero-order valence-electron chi connectivity index (χ0n) is 16.7. The first kappa shape index (κ1) is 20.7. The van der Waals surface area contributed by atoms with Crippen LogP contribution in [0, 0.1) is 11.8 Å². The number of nitrogens with one attached hydrogen (secondary N) is 1. The molecule has 1 aliphatic carbocycles. The first-order valence-corrected chi connectivity index (χ1v) is 10.6. The van der Waals surface area contributed by atoms with Crippen LogP contribution in [-0.2, 0) is 4.79 Å². The second kappa shape index (κ2) is 8.66. The minimum Gasteiger partial charge on any atom is -0.462 e. The van der Waals surface area contributed by atoms with Crippen LogP contribution in [0.5, 0.6) is 6.01 Å². The molecule has 0 aliphatic heterocycles. The van der Waals surface area contributed by atoms with Gasteiger partial charge in [-0.15, -0.1) is 5.10 Å². The summed E-state index contributed by atoms with van der Waals surface area (Å²) in [5.41, 5.74) is 2.30. The van der Waals surface area contributed by atoms with Gasteiger partial charge in [0.2, 0.25) is 5.91 Å². The van der Waals surface area contributed by atoms with Gasteiger partial charge in [0.25, 0.3) is 0 Å². The number of anilines is 1. The molecule has 156 valence electrons. The number of hydrogen-bond donors (Lipinski definition) is 1. The van der Waals surface area contributed by atoms with E-state index in [2.05, 4.69) is 29.2 Å². The SMILES string of the molecule is CC(C)COc1nc(-c2ccc(Cl)c(Cl)c2)n(-c2ccc(NC(=O)C3CC3)cc2)n1. The number of ether oxygens (including phenoxy) is 1. The normalized spacial score (nSPS) is 13.5. The summed E-state index contributed by atoms with van der Waals surface area (Å²) in [6, 6.07) is 13.1. The monoisotopic (exact) mass is 444 g/mol. The Bertz CT molecular complexity index is 1060. The summed E-state index contributed by atoms with van der Waals surface area (Å²) >= 11 is 12.3. The number of carbonyl (C=O) groups excluding carboxylic acids is 1. The highest BCUT2D eigenvalue weighted by molar-refractivity contribution is 6.42. The fourth-order valence-electron chi connectivity index (χ4n) is 2.87. The molecule has 1 amide bonds. The molecular weight excluding hydrogens is 423 g/mol. The summed E-state index contributed by atoms with van der Waals surface area (Å²) in [5.74, 6) is 1.16. The predicted molar refractivity (Wildman–Crippen MR) is 119 cm³/mol. The number of rotatable bonds is 7. The number of amides is 1. The fraction of sp³-hybridized carbons (Fsp3) is 0.318. The van der Waals surface area contributed by atoms with Crippen LogP contribution in [0.25, 0.3) is 17.1 Å². The van der Waals surface area contributed by atoms with Crippen molar-refractivity contribution in [1.82, 2.24) is 14.8 Å². The molecule has 0 atom stereocenters. The van der Waals surface area contributed by atoms with Crippen LogP contribution in [0.15, 0.2) is 42.5 Å². The molecule has 4 rings (SSSR count). The Labute approximate surface area is 185 Å². The van der Waals surface area contributed by atoms with Gasteiger partial charge < -0.3 is 10.1 Å². The van der Waals surface area contributed by atoms with Gasteiger partial charge in [0.15, 0.2) is 5.82 Å². The van der Waals surface area contributed by atoms with Crippen LogP contribution < -0.4 is 10.1 Å². The Hall–Kier alpha value is -2.57. The molecule has 6 nitrogen and oxygen atoms in total. The molecule has 1 fully saturated rings. The van der Waals surface area contributed by atoms with Crippen molar-refractivity contribution in [2.75, 3.05) is 11.9 Å². The molecule has 30 heavy (non-hydrogen) atoms. The van der Waals surface area contributed by atoms with Crippen molar-refractivity contribution in [1.29, 1.82) is 0 Å². The Morgan fingerprint density at radius 3 is 2.53 bits per heavy atom. The molecular formula is C22H22Cl2N4O2. The van der Waals surface area contributed by atoms with E-state index in [1.54, 1.807) is 16.8 Å². The van der Waals surface area contributed by atoms with Gasteiger partial charge in [-0.1, -0.05) is 37.0 Å². The van der Waals surface area contributed by atoms with Crippen molar-refractivity contribution in [3.05, 3.63) is 52.5 Å². The number of halogens is 2. The van der Waals surface area contributed by atoms with Crippen LogP contribution in [0.1, 0.15) is 26.7 Å². The molecule has 0 bridgehead atoms. The van der Waals surface area contributed by atoms with Crippen molar-refractivity contribution in [2.45, 2.75) is 26.7 Å². The van der Waals surface area contributed by atoms with Gasteiger partial charge in [-0.25, -0.2) is 4.68 Å². The Balaban J connectivity index is 1.66. The number of nitrogens with zero attached hydrogens (tertiary/aromatic N) is 3. The maximum Gasteiger partial charge on any atom is 0.336 e. The van der Waals surface area contributed by atoms with E-state index in [0.29, 0.717) is 28.4 Å². The summed E-state index contributed by atoms with van der Waals surface area (Å²) in [5, 5.41) is 8.38. The number of benzene rings is 2. The van der Waals surface area contributed by atoms with Gasteiger partial charge in [0, 0.05) is 17.2 Å². The molecule has 1 aromatic heterocycles. The lowest BCUT2D eigenvalue weighted by Gasteiger charge is -2.08. The van der Waals surface area contributed by atoms with Crippen molar-refractivity contribution in [3.63, 3.8) is 0 Å². The number of aromatic nitrogens is 3. The zero-order chi connectivity index (χ0) is 21.3. The lowest BCUT2D eigenvalue weighted by atomic mass is 10.2. The molecule has 3 aromatic rings. The predicted octanol–water partition coefficient (Wildman–Crippen LogP) is 5.62. The minimum atomic E-state index is 0.0735. The largest absolute Gasteiger partial charge is 0.462 e. The zero-order valence-corrected chi connectivity index (χ0v) is 18.2. The molecule has 1 saturated carbocycles. The highest BCUT2D eigenvalue weighted by Crippen LogP contribution is 2.31. The van der Waals surface area contributed by atoms with Crippen molar-refractivity contribution in [3.8, 4) is 23.1 Å². The van der Waals surface area contributed by atoms with E-state index in [0.717, 1.165) is 29.8 Å². The van der Waals surface area contributed by atoms with Crippen LogP contribution in [0.3, 0.4) is 0 Å². The number of carbonyl (C=O) groups is 1. The van der Waals surface area contributed by atoms with Gasteiger partial charge in [-0.2, -0.15) is 4.98 Å². The molecule has 1 N–H and O–H groups in total. The van der Waals surface area contributed by atoms with Crippen molar-refractivity contribution >= 4 is 34.8 Å². The quantitative estimate of drug-likeness (QED) is 0.512. The summed E-state index contributed by atoms with van der Waals surface area (Å²) in [6.07, 6.45) is 1.93.